The third kappa shape index (κ3) is 3.17. The summed E-state index contributed by atoms with van der Waals surface area (Å²) in [6.45, 7) is 0. The molecular weight excluding hydrogens is 253 g/mol. The van der Waals surface area contributed by atoms with Gasteiger partial charge in [0.05, 0.1) is 0 Å². The summed E-state index contributed by atoms with van der Waals surface area (Å²) in [7, 11) is 0. The molecule has 1 N–H and O–H groups in total. The minimum absolute atomic E-state index is 0.316. The lowest BCUT2D eigenvalue weighted by atomic mass is 10.2. The fraction of sp³-hybridized carbons (Fsp3) is 0. The predicted octanol–water partition coefficient (Wildman–Crippen LogP) is 3.73. The molecule has 0 aliphatic carbocycles. The quantitative estimate of drug-likeness (QED) is 0.387. The first kappa shape index (κ1) is 12.4. The Kier molecular flexibility index (Phi) is 4.19. The fourth-order valence-corrected chi connectivity index (χ4v) is 1.31. The van der Waals surface area contributed by atoms with E-state index in [1.165, 1.54) is 12.1 Å². The molecule has 1 aromatic rings. The van der Waals surface area contributed by atoms with Gasteiger partial charge in [-0.25, -0.2) is 4.79 Å². The predicted molar refractivity (Wildman–Crippen MR) is 61.2 cm³/mol. The summed E-state index contributed by atoms with van der Waals surface area (Å²) in [6, 6.07) is 4.56. The highest BCUT2D eigenvalue weighted by atomic mass is 35.5. The Labute approximate surface area is 101 Å². The second kappa shape index (κ2) is 5.42. The van der Waals surface area contributed by atoms with Crippen LogP contribution in [-0.4, -0.2) is 11.1 Å². The summed E-state index contributed by atoms with van der Waals surface area (Å²) >= 11 is 11.5. The van der Waals surface area contributed by atoms with Gasteiger partial charge in [0.2, 0.25) is 0 Å². The topological polar surface area (TPSA) is 86.1 Å². The Morgan fingerprint density at radius 1 is 1.50 bits per heavy atom. The lowest BCUT2D eigenvalue weighted by Crippen LogP contribution is -1.96. The van der Waals surface area contributed by atoms with E-state index < -0.39 is 11.7 Å². The number of halogens is 2. The van der Waals surface area contributed by atoms with Gasteiger partial charge in [0.25, 0.3) is 0 Å². The van der Waals surface area contributed by atoms with Crippen molar-refractivity contribution in [3.63, 3.8) is 0 Å². The second-order valence-electron chi connectivity index (χ2n) is 2.69. The number of carboxylic acid groups (broad SMARTS) is 1. The first-order valence-corrected chi connectivity index (χ1v) is 4.75. The van der Waals surface area contributed by atoms with Crippen LogP contribution in [-0.2, 0) is 4.79 Å². The van der Waals surface area contributed by atoms with Crippen molar-refractivity contribution in [2.75, 3.05) is 0 Å². The molecule has 0 fully saturated rings. The van der Waals surface area contributed by atoms with Crippen molar-refractivity contribution in [1.82, 2.24) is 0 Å². The molecule has 0 saturated carbocycles. The zero-order valence-corrected chi connectivity index (χ0v) is 9.27. The minimum atomic E-state index is -1.34. The molecular formula is C9H5Cl2N3O2. The largest absolute Gasteiger partial charge is 0.478 e. The van der Waals surface area contributed by atoms with Gasteiger partial charge in [-0.3, -0.25) is 0 Å². The summed E-state index contributed by atoms with van der Waals surface area (Å²) in [5.41, 5.74) is 8.10. The van der Waals surface area contributed by atoms with Gasteiger partial charge in [-0.1, -0.05) is 28.3 Å². The van der Waals surface area contributed by atoms with Crippen LogP contribution in [0.25, 0.3) is 16.5 Å². The first-order valence-electron chi connectivity index (χ1n) is 3.99. The first-order chi connectivity index (χ1) is 7.54. The van der Waals surface area contributed by atoms with Gasteiger partial charge in [0.1, 0.15) is 5.70 Å². The van der Waals surface area contributed by atoms with Gasteiger partial charge in [-0.15, -0.1) is 0 Å². The normalized spacial score (nSPS) is 10.8. The number of nitrogens with zero attached hydrogens (tertiary/aromatic N) is 3. The molecule has 0 bridgehead atoms. The van der Waals surface area contributed by atoms with E-state index >= 15 is 0 Å². The number of aliphatic carboxylic acids is 1. The average molecular weight is 258 g/mol. The third-order valence-electron chi connectivity index (χ3n) is 1.62. The molecule has 1 aromatic carbocycles. The molecule has 0 amide bonds. The number of carboxylic acids is 1. The van der Waals surface area contributed by atoms with Crippen molar-refractivity contribution in [2.45, 2.75) is 0 Å². The Morgan fingerprint density at radius 2 is 2.19 bits per heavy atom. The number of carbonyl (C=O) groups is 1. The van der Waals surface area contributed by atoms with Crippen molar-refractivity contribution in [3.05, 3.63) is 49.9 Å². The molecule has 0 aromatic heterocycles. The van der Waals surface area contributed by atoms with Crippen LogP contribution in [0.5, 0.6) is 0 Å². The highest BCUT2D eigenvalue weighted by Crippen LogP contribution is 2.23. The maximum Gasteiger partial charge on any atom is 0.338 e. The van der Waals surface area contributed by atoms with Crippen molar-refractivity contribution >= 4 is 35.2 Å². The monoisotopic (exact) mass is 257 g/mol. The van der Waals surface area contributed by atoms with Crippen molar-refractivity contribution in [3.8, 4) is 0 Å². The number of azide groups is 1. The van der Waals surface area contributed by atoms with Crippen LogP contribution < -0.4 is 0 Å². The standard InChI is InChI=1S/C9H5Cl2N3O2/c10-6-1-2-7(11)5(3-6)4-8(9(15)16)13-14-12/h1-4H,(H,15,16)/b8-4+. The van der Waals surface area contributed by atoms with Gasteiger partial charge in [-0.2, -0.15) is 0 Å². The van der Waals surface area contributed by atoms with Gasteiger partial charge in [0.15, 0.2) is 0 Å². The van der Waals surface area contributed by atoms with Crippen LogP contribution in [0, 0.1) is 0 Å². The van der Waals surface area contributed by atoms with Crippen molar-refractivity contribution < 1.29 is 9.90 Å². The molecule has 5 nitrogen and oxygen atoms in total. The summed E-state index contributed by atoms with van der Waals surface area (Å²) in [5, 5.41) is 12.5. The number of hydrogen-bond acceptors (Lipinski definition) is 2. The summed E-state index contributed by atoms with van der Waals surface area (Å²) in [4.78, 5) is 13.1. The van der Waals surface area contributed by atoms with Gasteiger partial charge < -0.3 is 5.11 Å². The Hall–Kier alpha value is -1.68. The Balaban J connectivity index is 3.27. The van der Waals surface area contributed by atoms with Gasteiger partial charge in [-0.05, 0) is 35.4 Å². The van der Waals surface area contributed by atoms with Gasteiger partial charge >= 0.3 is 5.97 Å². The maximum absolute atomic E-state index is 10.7. The Morgan fingerprint density at radius 3 is 2.75 bits per heavy atom. The van der Waals surface area contributed by atoms with Crippen LogP contribution in [0.1, 0.15) is 5.56 Å². The second-order valence-corrected chi connectivity index (χ2v) is 3.53. The highest BCUT2D eigenvalue weighted by molar-refractivity contribution is 6.34. The molecule has 0 heterocycles. The van der Waals surface area contributed by atoms with E-state index in [-0.39, 0.29) is 0 Å². The van der Waals surface area contributed by atoms with E-state index in [1.807, 2.05) is 0 Å². The molecule has 7 heteroatoms. The lowest BCUT2D eigenvalue weighted by molar-refractivity contribution is -0.132. The third-order valence-corrected chi connectivity index (χ3v) is 2.20. The summed E-state index contributed by atoms with van der Waals surface area (Å²) in [5.74, 6) is -1.34. The van der Waals surface area contributed by atoms with E-state index in [4.69, 9.17) is 33.8 Å². The van der Waals surface area contributed by atoms with Gasteiger partial charge in [0, 0.05) is 15.0 Å². The molecule has 0 aliphatic rings. The molecule has 1 rings (SSSR count). The summed E-state index contributed by atoms with van der Waals surface area (Å²) in [6.07, 6.45) is 1.15. The lowest BCUT2D eigenvalue weighted by Gasteiger charge is -1.99. The molecule has 16 heavy (non-hydrogen) atoms. The van der Waals surface area contributed by atoms with Crippen molar-refractivity contribution in [1.29, 1.82) is 0 Å². The molecule has 0 unspecified atom stereocenters. The number of rotatable bonds is 3. The van der Waals surface area contributed by atoms with Crippen LogP contribution in [0.3, 0.4) is 0 Å². The smallest absolute Gasteiger partial charge is 0.338 e. The molecule has 0 radical (unpaired) electrons. The SMILES string of the molecule is [N-]=[N+]=N/C(=C/c1cc(Cl)ccc1Cl)C(=O)O. The van der Waals surface area contributed by atoms with Crippen LogP contribution in [0.4, 0.5) is 0 Å². The molecule has 0 saturated heterocycles. The minimum Gasteiger partial charge on any atom is -0.478 e. The zero-order chi connectivity index (χ0) is 12.1. The number of benzene rings is 1. The summed E-state index contributed by atoms with van der Waals surface area (Å²) < 4.78 is 0. The maximum atomic E-state index is 10.7. The number of hydrogen-bond donors (Lipinski definition) is 1. The fourth-order valence-electron chi connectivity index (χ4n) is 0.954. The van der Waals surface area contributed by atoms with E-state index in [2.05, 4.69) is 10.0 Å². The molecule has 0 spiro atoms. The van der Waals surface area contributed by atoms with Crippen LogP contribution in [0.15, 0.2) is 29.0 Å². The molecule has 0 aliphatic heterocycles. The average Bonchev–Trinajstić information content (AvgIpc) is 2.22. The highest BCUT2D eigenvalue weighted by Gasteiger charge is 2.06. The van der Waals surface area contributed by atoms with E-state index in [1.54, 1.807) is 6.07 Å². The Bertz CT molecular complexity index is 503. The molecule has 82 valence electrons. The molecule has 0 atom stereocenters. The van der Waals surface area contributed by atoms with E-state index in [9.17, 15) is 4.79 Å². The van der Waals surface area contributed by atoms with E-state index in [0.29, 0.717) is 15.6 Å². The van der Waals surface area contributed by atoms with E-state index in [0.717, 1.165) is 6.08 Å². The van der Waals surface area contributed by atoms with Crippen molar-refractivity contribution in [2.24, 2.45) is 5.11 Å². The van der Waals surface area contributed by atoms with Crippen LogP contribution >= 0.6 is 23.2 Å². The van der Waals surface area contributed by atoms with Crippen LogP contribution in [0.2, 0.25) is 10.0 Å². The zero-order valence-electron chi connectivity index (χ0n) is 7.76.